The number of β-amino-alcohol motifs (C(OH)–C–C–N with tert-alkyl or cyclic N) is 1. The number of ether oxygens (including phenoxy) is 3. The molecule has 0 radical (unpaired) electrons. The summed E-state index contributed by atoms with van der Waals surface area (Å²) in [5.74, 6) is 1.28. The van der Waals surface area contributed by atoms with E-state index in [4.69, 9.17) is 14.2 Å². The summed E-state index contributed by atoms with van der Waals surface area (Å²) >= 11 is 0. The predicted molar refractivity (Wildman–Crippen MR) is 97.2 cm³/mol. The molecule has 140 valence electrons. The number of morpholine rings is 1. The number of hydrogen-bond acceptors (Lipinski definition) is 5. The van der Waals surface area contributed by atoms with Crippen LogP contribution in [0.25, 0.3) is 0 Å². The molecule has 5 heteroatoms. The van der Waals surface area contributed by atoms with E-state index in [9.17, 15) is 5.11 Å². The Bertz CT molecular complexity index is 537. The van der Waals surface area contributed by atoms with Crippen LogP contribution < -0.4 is 4.74 Å². The number of aliphatic hydroxyl groups is 1. The van der Waals surface area contributed by atoms with Crippen LogP contribution in [0.5, 0.6) is 5.75 Å². The third-order valence-electron chi connectivity index (χ3n) is 5.17. The summed E-state index contributed by atoms with van der Waals surface area (Å²) in [6.07, 6.45) is 1.38. The average Bonchev–Trinajstić information content (AvgIpc) is 2.61. The van der Waals surface area contributed by atoms with Gasteiger partial charge in [0, 0.05) is 45.7 Å². The van der Waals surface area contributed by atoms with Crippen LogP contribution in [0.2, 0.25) is 0 Å². The Morgan fingerprint density at radius 1 is 1.20 bits per heavy atom. The molecular weight excluding hydrogens is 318 g/mol. The molecule has 1 unspecified atom stereocenters. The van der Waals surface area contributed by atoms with Gasteiger partial charge in [0.2, 0.25) is 0 Å². The van der Waals surface area contributed by atoms with E-state index in [2.05, 4.69) is 24.8 Å². The minimum atomic E-state index is -0.504. The fourth-order valence-electron chi connectivity index (χ4n) is 3.75. The summed E-state index contributed by atoms with van der Waals surface area (Å²) in [5.41, 5.74) is 1.10. The summed E-state index contributed by atoms with van der Waals surface area (Å²) in [6.45, 7) is 9.24. The molecule has 0 amide bonds. The standard InChI is InChI=1S/C20H31NO4/c1-16(2)18-5-3-4-6-19(18)24-14-17(22)13-21-9-12-25-20(15-21)7-10-23-11-8-20/h3-6,16-17,22H,7-15H2,1-2H3. The second kappa shape index (κ2) is 8.49. The van der Waals surface area contributed by atoms with E-state index >= 15 is 0 Å². The highest BCUT2D eigenvalue weighted by Crippen LogP contribution is 2.29. The maximum Gasteiger partial charge on any atom is 0.122 e. The molecule has 25 heavy (non-hydrogen) atoms. The SMILES string of the molecule is CC(C)c1ccccc1OCC(O)CN1CCOC2(CCOCC2)C1. The minimum Gasteiger partial charge on any atom is -0.491 e. The lowest BCUT2D eigenvalue weighted by molar-refractivity contribution is -0.157. The van der Waals surface area contributed by atoms with Crippen molar-refractivity contribution in [2.45, 2.75) is 44.3 Å². The zero-order chi connectivity index (χ0) is 17.7. The Hall–Kier alpha value is -1.14. The van der Waals surface area contributed by atoms with Gasteiger partial charge in [-0.05, 0) is 17.5 Å². The molecule has 2 fully saturated rings. The molecule has 0 aromatic heterocycles. The molecule has 5 nitrogen and oxygen atoms in total. The molecule has 1 aromatic carbocycles. The smallest absolute Gasteiger partial charge is 0.122 e. The fraction of sp³-hybridized carbons (Fsp3) is 0.700. The van der Waals surface area contributed by atoms with Gasteiger partial charge in [0.15, 0.2) is 0 Å². The van der Waals surface area contributed by atoms with Gasteiger partial charge >= 0.3 is 0 Å². The van der Waals surface area contributed by atoms with E-state index in [0.29, 0.717) is 19.1 Å². The molecule has 2 aliphatic heterocycles. The van der Waals surface area contributed by atoms with Crippen LogP contribution in [0.1, 0.15) is 38.2 Å². The number of para-hydroxylation sites is 1. The van der Waals surface area contributed by atoms with Crippen LogP contribution in [0.4, 0.5) is 0 Å². The Morgan fingerprint density at radius 3 is 2.72 bits per heavy atom. The van der Waals surface area contributed by atoms with Crippen molar-refractivity contribution in [2.75, 3.05) is 46.1 Å². The second-order valence-corrected chi connectivity index (χ2v) is 7.54. The third-order valence-corrected chi connectivity index (χ3v) is 5.17. The molecule has 0 saturated carbocycles. The van der Waals surface area contributed by atoms with E-state index in [1.807, 2.05) is 18.2 Å². The maximum atomic E-state index is 10.4. The number of rotatable bonds is 6. The highest BCUT2D eigenvalue weighted by atomic mass is 16.5. The van der Waals surface area contributed by atoms with Crippen LogP contribution in [0.15, 0.2) is 24.3 Å². The molecule has 2 saturated heterocycles. The van der Waals surface area contributed by atoms with Gasteiger partial charge < -0.3 is 19.3 Å². The van der Waals surface area contributed by atoms with Crippen molar-refractivity contribution < 1.29 is 19.3 Å². The van der Waals surface area contributed by atoms with Gasteiger partial charge in [-0.3, -0.25) is 4.90 Å². The first-order valence-corrected chi connectivity index (χ1v) is 9.42. The van der Waals surface area contributed by atoms with Crippen LogP contribution >= 0.6 is 0 Å². The van der Waals surface area contributed by atoms with Crippen LogP contribution in [0, 0.1) is 0 Å². The zero-order valence-corrected chi connectivity index (χ0v) is 15.4. The normalized spacial score (nSPS) is 22.2. The minimum absolute atomic E-state index is 0.0820. The van der Waals surface area contributed by atoms with Crippen molar-refractivity contribution in [3.63, 3.8) is 0 Å². The van der Waals surface area contributed by atoms with Crippen molar-refractivity contribution in [2.24, 2.45) is 0 Å². The molecule has 0 bridgehead atoms. The topological polar surface area (TPSA) is 51.2 Å². The van der Waals surface area contributed by atoms with Crippen LogP contribution in [-0.4, -0.2) is 67.8 Å². The Morgan fingerprint density at radius 2 is 1.96 bits per heavy atom. The lowest BCUT2D eigenvalue weighted by atomic mass is 9.92. The Labute approximate surface area is 150 Å². The van der Waals surface area contributed by atoms with Gasteiger partial charge in [-0.25, -0.2) is 0 Å². The van der Waals surface area contributed by atoms with E-state index in [0.717, 1.165) is 51.5 Å². The average molecular weight is 349 g/mol. The lowest BCUT2D eigenvalue weighted by Crippen LogP contribution is -2.55. The maximum absolute atomic E-state index is 10.4. The highest BCUT2D eigenvalue weighted by molar-refractivity contribution is 5.35. The number of nitrogens with zero attached hydrogens (tertiary/aromatic N) is 1. The van der Waals surface area contributed by atoms with Crippen molar-refractivity contribution in [1.29, 1.82) is 0 Å². The summed E-state index contributed by atoms with van der Waals surface area (Å²) in [4.78, 5) is 2.30. The lowest BCUT2D eigenvalue weighted by Gasteiger charge is -2.45. The summed E-state index contributed by atoms with van der Waals surface area (Å²) in [6, 6.07) is 8.07. The molecule has 1 atom stereocenters. The van der Waals surface area contributed by atoms with Crippen molar-refractivity contribution in [3.8, 4) is 5.75 Å². The summed E-state index contributed by atoms with van der Waals surface area (Å²) in [5, 5.41) is 10.4. The monoisotopic (exact) mass is 349 g/mol. The third kappa shape index (κ3) is 4.94. The summed E-state index contributed by atoms with van der Waals surface area (Å²) < 4.78 is 17.4. The van der Waals surface area contributed by atoms with Gasteiger partial charge in [0.05, 0.1) is 12.2 Å². The molecule has 2 aliphatic rings. The predicted octanol–water partition coefficient (Wildman–Crippen LogP) is 2.43. The number of hydrogen-bond donors (Lipinski definition) is 1. The molecule has 1 aromatic rings. The highest BCUT2D eigenvalue weighted by Gasteiger charge is 2.38. The van der Waals surface area contributed by atoms with E-state index in [1.54, 1.807) is 0 Å². The van der Waals surface area contributed by atoms with Crippen LogP contribution in [0.3, 0.4) is 0 Å². The van der Waals surface area contributed by atoms with E-state index < -0.39 is 6.10 Å². The van der Waals surface area contributed by atoms with E-state index in [-0.39, 0.29) is 5.60 Å². The Kier molecular flexibility index (Phi) is 6.34. The fourth-order valence-corrected chi connectivity index (χ4v) is 3.75. The number of benzene rings is 1. The van der Waals surface area contributed by atoms with Gasteiger partial charge in [-0.2, -0.15) is 0 Å². The molecule has 3 rings (SSSR count). The first-order chi connectivity index (χ1) is 12.1. The molecule has 1 N–H and O–H groups in total. The van der Waals surface area contributed by atoms with Crippen LogP contribution in [-0.2, 0) is 9.47 Å². The van der Waals surface area contributed by atoms with Crippen molar-refractivity contribution in [1.82, 2.24) is 4.90 Å². The van der Waals surface area contributed by atoms with E-state index in [1.165, 1.54) is 5.56 Å². The van der Waals surface area contributed by atoms with Crippen molar-refractivity contribution >= 4 is 0 Å². The first-order valence-electron chi connectivity index (χ1n) is 9.42. The summed E-state index contributed by atoms with van der Waals surface area (Å²) in [7, 11) is 0. The Balaban J connectivity index is 1.50. The van der Waals surface area contributed by atoms with Gasteiger partial charge in [-0.1, -0.05) is 32.0 Å². The quantitative estimate of drug-likeness (QED) is 0.855. The zero-order valence-electron chi connectivity index (χ0n) is 15.4. The van der Waals surface area contributed by atoms with Gasteiger partial charge in [0.1, 0.15) is 18.5 Å². The molecule has 2 heterocycles. The van der Waals surface area contributed by atoms with Crippen molar-refractivity contribution in [3.05, 3.63) is 29.8 Å². The number of aliphatic hydroxyl groups excluding tert-OH is 1. The largest absolute Gasteiger partial charge is 0.491 e. The molecule has 0 aliphatic carbocycles. The van der Waals surface area contributed by atoms with Gasteiger partial charge in [0.25, 0.3) is 0 Å². The molecular formula is C20H31NO4. The van der Waals surface area contributed by atoms with Gasteiger partial charge in [-0.15, -0.1) is 0 Å². The second-order valence-electron chi connectivity index (χ2n) is 7.54. The molecule has 1 spiro atoms. The first kappa shape index (κ1) is 18.6.